The summed E-state index contributed by atoms with van der Waals surface area (Å²) in [5.74, 6) is 0. The molecule has 0 saturated heterocycles. The molecule has 1 aromatic rings. The van der Waals surface area contributed by atoms with Gasteiger partial charge in [-0.2, -0.15) is 5.26 Å². The average molecular weight is 231 g/mol. The van der Waals surface area contributed by atoms with Crippen molar-refractivity contribution in [3.63, 3.8) is 0 Å². The molecule has 1 aromatic heterocycles. The molecule has 0 atom stereocenters. The molecule has 0 radical (unpaired) electrons. The second kappa shape index (κ2) is 3.70. The van der Waals surface area contributed by atoms with Crippen LogP contribution in [0.25, 0.3) is 0 Å². The van der Waals surface area contributed by atoms with E-state index in [1.54, 1.807) is 12.3 Å². The van der Waals surface area contributed by atoms with Gasteiger partial charge in [0.2, 0.25) is 0 Å². The predicted molar refractivity (Wildman–Crippen MR) is 46.3 cm³/mol. The minimum Gasteiger partial charge on any atom is -0.259 e. The zero-order valence-corrected chi connectivity index (χ0v) is 7.85. The second-order valence-electron chi connectivity index (χ2n) is 1.89. The van der Waals surface area contributed by atoms with Gasteiger partial charge in [0.1, 0.15) is 0 Å². The summed E-state index contributed by atoms with van der Waals surface area (Å²) in [5, 5.41) is 8.89. The minimum atomic E-state index is 0.248. The Hall–Kier alpha value is -0.590. The van der Waals surface area contributed by atoms with Gasteiger partial charge in [0.15, 0.2) is 0 Å². The first kappa shape index (κ1) is 8.51. The first-order chi connectivity index (χ1) is 5.25. The maximum Gasteiger partial charge on any atom is 0.0790 e. The quantitative estimate of drug-likeness (QED) is 0.745. The monoisotopic (exact) mass is 230 g/mol. The highest BCUT2D eigenvalue weighted by Crippen LogP contribution is 2.24. The zero-order chi connectivity index (χ0) is 8.27. The highest BCUT2D eigenvalue weighted by atomic mass is 79.9. The van der Waals surface area contributed by atoms with Crippen LogP contribution < -0.4 is 0 Å². The lowest BCUT2D eigenvalue weighted by atomic mass is 10.3. The van der Waals surface area contributed by atoms with E-state index in [0.29, 0.717) is 10.7 Å². The molecule has 2 nitrogen and oxygen atoms in total. The molecule has 0 unspecified atom stereocenters. The summed E-state index contributed by atoms with van der Waals surface area (Å²) >= 11 is 9.05. The van der Waals surface area contributed by atoms with Gasteiger partial charge in [-0.05, 0) is 22.0 Å². The topological polar surface area (TPSA) is 36.7 Å². The molecule has 1 heterocycles. The van der Waals surface area contributed by atoms with Gasteiger partial charge >= 0.3 is 0 Å². The van der Waals surface area contributed by atoms with Crippen LogP contribution >= 0.6 is 27.5 Å². The first-order valence-corrected chi connectivity index (χ1v) is 4.08. The van der Waals surface area contributed by atoms with Gasteiger partial charge in [-0.1, -0.05) is 11.6 Å². The van der Waals surface area contributed by atoms with Crippen LogP contribution in [0.1, 0.15) is 5.69 Å². The molecule has 0 aliphatic rings. The van der Waals surface area contributed by atoms with E-state index in [2.05, 4.69) is 20.9 Å². The summed E-state index contributed by atoms with van der Waals surface area (Å²) in [4.78, 5) is 3.94. The molecule has 56 valence electrons. The number of hydrogen-bond acceptors (Lipinski definition) is 2. The van der Waals surface area contributed by atoms with Crippen molar-refractivity contribution in [1.29, 1.82) is 5.26 Å². The van der Waals surface area contributed by atoms with Crippen LogP contribution in [0.15, 0.2) is 16.7 Å². The Morgan fingerprint density at radius 2 is 2.45 bits per heavy atom. The average Bonchev–Trinajstić information content (AvgIpc) is 1.99. The molecule has 11 heavy (non-hydrogen) atoms. The van der Waals surface area contributed by atoms with Crippen LogP contribution in [-0.2, 0) is 6.42 Å². The van der Waals surface area contributed by atoms with E-state index in [1.807, 2.05) is 6.07 Å². The zero-order valence-electron chi connectivity index (χ0n) is 5.51. The lowest BCUT2D eigenvalue weighted by Gasteiger charge is -1.98. The van der Waals surface area contributed by atoms with E-state index in [-0.39, 0.29) is 6.42 Å². The number of hydrogen-bond donors (Lipinski definition) is 0. The summed E-state index contributed by atoms with van der Waals surface area (Å²) < 4.78 is 0.777. The summed E-state index contributed by atoms with van der Waals surface area (Å²) in [6.45, 7) is 0. The van der Waals surface area contributed by atoms with Gasteiger partial charge in [0, 0.05) is 10.7 Å². The van der Waals surface area contributed by atoms with Crippen molar-refractivity contribution >= 4 is 27.5 Å². The van der Waals surface area contributed by atoms with Crippen LogP contribution in [-0.4, -0.2) is 4.98 Å². The third-order valence-electron chi connectivity index (χ3n) is 1.16. The van der Waals surface area contributed by atoms with Crippen molar-refractivity contribution in [2.75, 3.05) is 0 Å². The first-order valence-electron chi connectivity index (χ1n) is 2.91. The van der Waals surface area contributed by atoms with Crippen molar-refractivity contribution in [2.45, 2.75) is 6.42 Å². The van der Waals surface area contributed by atoms with Crippen molar-refractivity contribution in [1.82, 2.24) is 4.98 Å². The largest absolute Gasteiger partial charge is 0.259 e. The number of rotatable bonds is 1. The molecule has 1 rings (SSSR count). The van der Waals surface area contributed by atoms with Crippen LogP contribution in [0.4, 0.5) is 0 Å². The van der Waals surface area contributed by atoms with Crippen molar-refractivity contribution in [3.05, 3.63) is 27.5 Å². The molecule has 0 spiro atoms. The summed E-state index contributed by atoms with van der Waals surface area (Å²) in [5.41, 5.74) is 0.614. The number of halogens is 2. The summed E-state index contributed by atoms with van der Waals surface area (Å²) in [6.07, 6.45) is 1.86. The standard InChI is InChI=1S/C7H4BrClN2/c8-5-2-4-11-6(1-3-10)7(5)9/h2,4H,1H2. The number of aromatic nitrogens is 1. The minimum absolute atomic E-state index is 0.248. The van der Waals surface area contributed by atoms with Crippen molar-refractivity contribution < 1.29 is 0 Å². The van der Waals surface area contributed by atoms with Crippen LogP contribution in [0.3, 0.4) is 0 Å². The van der Waals surface area contributed by atoms with Crippen LogP contribution in [0.5, 0.6) is 0 Å². The van der Waals surface area contributed by atoms with Gasteiger partial charge in [-0.3, -0.25) is 4.98 Å². The van der Waals surface area contributed by atoms with Crippen molar-refractivity contribution in [2.24, 2.45) is 0 Å². The Bertz CT molecular complexity index is 306. The fraction of sp³-hybridized carbons (Fsp3) is 0.143. The molecule has 0 aliphatic carbocycles. The smallest absolute Gasteiger partial charge is 0.0790 e. The molecule has 0 fully saturated rings. The fourth-order valence-corrected chi connectivity index (χ4v) is 1.18. The number of pyridine rings is 1. The van der Waals surface area contributed by atoms with E-state index in [4.69, 9.17) is 16.9 Å². The molecule has 0 N–H and O–H groups in total. The molecule has 0 bridgehead atoms. The Kier molecular flexibility index (Phi) is 2.86. The van der Waals surface area contributed by atoms with Gasteiger partial charge < -0.3 is 0 Å². The molecule has 0 amide bonds. The maximum absolute atomic E-state index is 8.37. The summed E-state index contributed by atoms with van der Waals surface area (Å²) in [7, 11) is 0. The molecule has 0 aliphatic heterocycles. The fourth-order valence-electron chi connectivity index (χ4n) is 0.658. The van der Waals surface area contributed by atoms with Gasteiger partial charge in [0.05, 0.1) is 23.2 Å². The van der Waals surface area contributed by atoms with Gasteiger partial charge in [-0.25, -0.2) is 0 Å². The van der Waals surface area contributed by atoms with Crippen LogP contribution in [0, 0.1) is 11.3 Å². The molecular formula is C7H4BrClN2. The predicted octanol–water partition coefficient (Wildman–Crippen LogP) is 2.56. The van der Waals surface area contributed by atoms with E-state index in [9.17, 15) is 0 Å². The van der Waals surface area contributed by atoms with E-state index in [0.717, 1.165) is 4.47 Å². The third-order valence-corrected chi connectivity index (χ3v) is 2.47. The second-order valence-corrected chi connectivity index (χ2v) is 3.12. The molecule has 4 heteroatoms. The third kappa shape index (κ3) is 1.92. The Morgan fingerprint density at radius 1 is 1.73 bits per heavy atom. The number of nitrogens with zero attached hydrogens (tertiary/aromatic N) is 2. The van der Waals surface area contributed by atoms with E-state index in [1.165, 1.54) is 0 Å². The van der Waals surface area contributed by atoms with Gasteiger partial charge in [0.25, 0.3) is 0 Å². The molecular weight excluding hydrogens is 227 g/mol. The molecule has 0 aromatic carbocycles. The normalized spacial score (nSPS) is 9.18. The highest BCUT2D eigenvalue weighted by molar-refractivity contribution is 9.10. The van der Waals surface area contributed by atoms with Gasteiger partial charge in [-0.15, -0.1) is 0 Å². The van der Waals surface area contributed by atoms with E-state index < -0.39 is 0 Å². The van der Waals surface area contributed by atoms with Crippen LogP contribution in [0.2, 0.25) is 5.02 Å². The maximum atomic E-state index is 8.37. The van der Waals surface area contributed by atoms with E-state index >= 15 is 0 Å². The Labute approximate surface area is 77.9 Å². The molecule has 0 saturated carbocycles. The Balaban J connectivity index is 3.08. The lowest BCUT2D eigenvalue weighted by Crippen LogP contribution is -1.88. The number of nitriles is 1. The Morgan fingerprint density at radius 3 is 3.09 bits per heavy atom. The lowest BCUT2D eigenvalue weighted by molar-refractivity contribution is 1.11. The summed E-state index contributed by atoms with van der Waals surface area (Å²) in [6, 6.07) is 3.72. The van der Waals surface area contributed by atoms with Crippen molar-refractivity contribution in [3.8, 4) is 6.07 Å². The SMILES string of the molecule is N#CCc1nccc(Br)c1Cl. The highest BCUT2D eigenvalue weighted by Gasteiger charge is 2.03.